The van der Waals surface area contributed by atoms with Gasteiger partial charge in [0.05, 0.1) is 30.7 Å². The fourth-order valence-electron chi connectivity index (χ4n) is 4.87. The molecule has 0 radical (unpaired) electrons. The molecule has 0 saturated carbocycles. The Morgan fingerprint density at radius 3 is 2.71 bits per heavy atom. The van der Waals surface area contributed by atoms with Crippen molar-refractivity contribution in [3.8, 4) is 11.3 Å². The van der Waals surface area contributed by atoms with Crippen molar-refractivity contribution in [2.24, 2.45) is 0 Å². The number of amides is 1. The van der Waals surface area contributed by atoms with Gasteiger partial charge in [-0.1, -0.05) is 6.07 Å². The largest absolute Gasteiger partial charge is 0.378 e. The SMILES string of the molecule is Cc1cc(Nc2nc(-c3ccc4c(c3)CC(=O)N4)cc3cc[nH]c(=O)c23)ccc1N1CCOCC1. The number of hydrogen-bond acceptors (Lipinski definition) is 6. The van der Waals surface area contributed by atoms with E-state index >= 15 is 0 Å². The molecule has 176 valence electrons. The van der Waals surface area contributed by atoms with Gasteiger partial charge < -0.3 is 25.3 Å². The lowest BCUT2D eigenvalue weighted by molar-refractivity contribution is -0.115. The average Bonchev–Trinajstić information content (AvgIpc) is 3.24. The number of fused-ring (bicyclic) bond motifs is 2. The summed E-state index contributed by atoms with van der Waals surface area (Å²) < 4.78 is 5.48. The molecule has 1 amide bonds. The van der Waals surface area contributed by atoms with Gasteiger partial charge in [-0.25, -0.2) is 4.98 Å². The van der Waals surface area contributed by atoms with E-state index in [9.17, 15) is 9.59 Å². The summed E-state index contributed by atoms with van der Waals surface area (Å²) in [5.41, 5.74) is 6.39. The molecule has 0 bridgehead atoms. The van der Waals surface area contributed by atoms with Gasteiger partial charge in [-0.2, -0.15) is 0 Å². The van der Waals surface area contributed by atoms with Crippen molar-refractivity contribution in [2.45, 2.75) is 13.3 Å². The van der Waals surface area contributed by atoms with Gasteiger partial charge in [0, 0.05) is 41.9 Å². The highest BCUT2D eigenvalue weighted by molar-refractivity contribution is 6.00. The molecule has 2 aromatic carbocycles. The van der Waals surface area contributed by atoms with Crippen LogP contribution in [0.3, 0.4) is 0 Å². The summed E-state index contributed by atoms with van der Waals surface area (Å²) in [6.45, 7) is 5.30. The average molecular weight is 468 g/mol. The second-order valence-corrected chi connectivity index (χ2v) is 8.95. The van der Waals surface area contributed by atoms with Crippen molar-refractivity contribution >= 4 is 39.6 Å². The number of morpholine rings is 1. The van der Waals surface area contributed by atoms with Gasteiger partial charge in [-0.15, -0.1) is 0 Å². The minimum atomic E-state index is -0.200. The number of aryl methyl sites for hydroxylation is 1. The highest BCUT2D eigenvalue weighted by Crippen LogP contribution is 2.32. The summed E-state index contributed by atoms with van der Waals surface area (Å²) in [5, 5.41) is 7.54. The summed E-state index contributed by atoms with van der Waals surface area (Å²) >= 11 is 0. The fourth-order valence-corrected chi connectivity index (χ4v) is 4.87. The summed E-state index contributed by atoms with van der Waals surface area (Å²) in [6.07, 6.45) is 2.00. The van der Waals surface area contributed by atoms with E-state index in [1.54, 1.807) is 6.20 Å². The van der Waals surface area contributed by atoms with Crippen molar-refractivity contribution in [3.63, 3.8) is 0 Å². The maximum atomic E-state index is 12.8. The summed E-state index contributed by atoms with van der Waals surface area (Å²) in [6, 6.07) is 15.8. The first-order chi connectivity index (χ1) is 17.0. The number of anilines is 4. The number of aromatic amines is 1. The zero-order valence-corrected chi connectivity index (χ0v) is 19.4. The van der Waals surface area contributed by atoms with Crippen LogP contribution in [0.2, 0.25) is 0 Å². The number of hydrogen-bond donors (Lipinski definition) is 3. The Bertz CT molecular complexity index is 1520. The third-order valence-corrected chi connectivity index (χ3v) is 6.59. The number of aromatic nitrogens is 2. The molecular weight excluding hydrogens is 442 g/mol. The molecular formula is C27H25N5O3. The van der Waals surface area contributed by atoms with Crippen LogP contribution >= 0.6 is 0 Å². The molecule has 1 saturated heterocycles. The number of benzene rings is 2. The molecule has 4 aromatic rings. The predicted octanol–water partition coefficient (Wildman–Crippen LogP) is 3.97. The molecule has 8 heteroatoms. The van der Waals surface area contributed by atoms with Crippen LogP contribution in [0.5, 0.6) is 0 Å². The third-order valence-electron chi connectivity index (χ3n) is 6.59. The first kappa shape index (κ1) is 21.4. The first-order valence-electron chi connectivity index (χ1n) is 11.7. The van der Waals surface area contributed by atoms with Gasteiger partial charge in [0.2, 0.25) is 5.91 Å². The smallest absolute Gasteiger partial charge is 0.259 e. The van der Waals surface area contributed by atoms with Crippen LogP contribution in [0.1, 0.15) is 11.1 Å². The molecule has 8 nitrogen and oxygen atoms in total. The zero-order chi connectivity index (χ0) is 23.9. The van der Waals surface area contributed by atoms with Gasteiger partial charge in [-0.3, -0.25) is 9.59 Å². The monoisotopic (exact) mass is 467 g/mol. The molecule has 0 unspecified atom stereocenters. The first-order valence-corrected chi connectivity index (χ1v) is 11.7. The van der Waals surface area contributed by atoms with E-state index in [1.165, 1.54) is 5.69 Å². The lowest BCUT2D eigenvalue weighted by Crippen LogP contribution is -2.36. The van der Waals surface area contributed by atoms with E-state index in [2.05, 4.69) is 39.6 Å². The number of nitrogens with zero attached hydrogens (tertiary/aromatic N) is 2. The Hall–Kier alpha value is -4.17. The lowest BCUT2D eigenvalue weighted by atomic mass is 10.0. The summed E-state index contributed by atoms with van der Waals surface area (Å²) in [7, 11) is 0. The van der Waals surface area contributed by atoms with Crippen molar-refractivity contribution in [3.05, 3.63) is 76.2 Å². The normalized spacial score (nSPS) is 15.2. The van der Waals surface area contributed by atoms with Crippen molar-refractivity contribution in [1.29, 1.82) is 0 Å². The van der Waals surface area contributed by atoms with Crippen LogP contribution in [-0.4, -0.2) is 42.2 Å². The van der Waals surface area contributed by atoms with Crippen molar-refractivity contribution < 1.29 is 9.53 Å². The van der Waals surface area contributed by atoms with Crippen molar-refractivity contribution in [1.82, 2.24) is 9.97 Å². The van der Waals surface area contributed by atoms with Crippen LogP contribution in [-0.2, 0) is 16.0 Å². The number of H-pyrrole nitrogens is 1. The molecule has 6 rings (SSSR count). The number of nitrogens with one attached hydrogen (secondary N) is 3. The van der Waals surface area contributed by atoms with Crippen LogP contribution in [0.4, 0.5) is 22.9 Å². The number of carbonyl (C=O) groups excluding carboxylic acids is 1. The highest BCUT2D eigenvalue weighted by Gasteiger charge is 2.19. The van der Waals surface area contributed by atoms with Crippen molar-refractivity contribution in [2.75, 3.05) is 41.8 Å². The van der Waals surface area contributed by atoms with Crippen LogP contribution in [0, 0.1) is 6.92 Å². The Kier molecular flexibility index (Phi) is 5.22. The van der Waals surface area contributed by atoms with E-state index < -0.39 is 0 Å². The van der Waals surface area contributed by atoms with Gasteiger partial charge in [0.25, 0.3) is 5.56 Å². The number of rotatable bonds is 4. The van der Waals surface area contributed by atoms with E-state index in [4.69, 9.17) is 9.72 Å². The molecule has 0 aliphatic carbocycles. The molecule has 4 heterocycles. The Morgan fingerprint density at radius 2 is 1.89 bits per heavy atom. The molecule has 2 aromatic heterocycles. The summed E-state index contributed by atoms with van der Waals surface area (Å²) in [4.78, 5) is 34.5. The number of ether oxygens (including phenoxy) is 1. The van der Waals surface area contributed by atoms with Crippen LogP contribution in [0.25, 0.3) is 22.0 Å². The van der Waals surface area contributed by atoms with Gasteiger partial charge >= 0.3 is 0 Å². The Balaban J connectivity index is 1.40. The van der Waals surface area contributed by atoms with Crippen LogP contribution in [0.15, 0.2) is 59.5 Å². The number of pyridine rings is 2. The van der Waals surface area contributed by atoms with Gasteiger partial charge in [0.1, 0.15) is 5.82 Å². The zero-order valence-electron chi connectivity index (χ0n) is 19.4. The maximum Gasteiger partial charge on any atom is 0.259 e. The van der Waals surface area contributed by atoms with E-state index in [-0.39, 0.29) is 11.5 Å². The Labute approximate surface area is 202 Å². The molecule has 2 aliphatic heterocycles. The maximum absolute atomic E-state index is 12.8. The topological polar surface area (TPSA) is 99.3 Å². The van der Waals surface area contributed by atoms with Crippen LogP contribution < -0.4 is 21.1 Å². The second kappa shape index (κ2) is 8.56. The number of carbonyl (C=O) groups is 1. The Morgan fingerprint density at radius 1 is 1.03 bits per heavy atom. The second-order valence-electron chi connectivity index (χ2n) is 8.95. The molecule has 3 N–H and O–H groups in total. The highest BCUT2D eigenvalue weighted by atomic mass is 16.5. The molecule has 2 aliphatic rings. The van der Waals surface area contributed by atoms with Gasteiger partial charge in [-0.05, 0) is 65.9 Å². The third kappa shape index (κ3) is 4.02. The lowest BCUT2D eigenvalue weighted by Gasteiger charge is -2.30. The molecule has 0 atom stereocenters. The summed E-state index contributed by atoms with van der Waals surface area (Å²) in [5.74, 6) is 0.487. The van der Waals surface area contributed by atoms with E-state index in [0.29, 0.717) is 17.6 Å². The van der Waals surface area contributed by atoms with Gasteiger partial charge in [0.15, 0.2) is 0 Å². The predicted molar refractivity (Wildman–Crippen MR) is 138 cm³/mol. The minimum Gasteiger partial charge on any atom is -0.378 e. The minimum absolute atomic E-state index is 0.00611. The van der Waals surface area contributed by atoms with E-state index in [1.807, 2.05) is 36.4 Å². The molecule has 1 fully saturated rings. The fraction of sp³-hybridized carbons (Fsp3) is 0.222. The quantitative estimate of drug-likeness (QED) is 0.420. The standard InChI is InChI=1S/C27H25N5O3/c1-16-12-20(3-5-23(16)32-8-10-35-11-9-32)29-26-25-18(6-7-28-27(25)34)14-22(31-26)17-2-4-21-19(13-17)15-24(33)30-21/h2-7,12-14H,8-11,15H2,1H3,(H,28,34)(H,29,31)(H,30,33). The molecule has 35 heavy (non-hydrogen) atoms. The molecule has 0 spiro atoms. The van der Waals surface area contributed by atoms with E-state index in [0.717, 1.165) is 65.4 Å².